The predicted molar refractivity (Wildman–Crippen MR) is 56.1 cm³/mol. The van der Waals surface area contributed by atoms with Crippen molar-refractivity contribution in [2.45, 2.75) is 32.9 Å². The molecule has 0 amide bonds. The van der Waals surface area contributed by atoms with Crippen LogP contribution in [0.5, 0.6) is 0 Å². The first-order chi connectivity index (χ1) is 4.93. The van der Waals surface area contributed by atoms with Gasteiger partial charge in [0.2, 0.25) is 0 Å². The minimum Gasteiger partial charge on any atom is -0.161 e. The van der Waals surface area contributed by atoms with Crippen LogP contribution in [0.3, 0.4) is 0 Å². The largest absolute Gasteiger partial charge is 0.161 e. The summed E-state index contributed by atoms with van der Waals surface area (Å²) in [5.74, 6) is 0.602. The highest BCUT2D eigenvalue weighted by molar-refractivity contribution is 7.99. The molecule has 0 rings (SSSR count). The lowest BCUT2D eigenvalue weighted by molar-refractivity contribution is 0.353. The molecule has 0 saturated heterocycles. The molecular formula is C10H20S. The topological polar surface area (TPSA) is 0 Å². The number of allylic oxidation sites excluding steroid dienone is 1. The van der Waals surface area contributed by atoms with Crippen molar-refractivity contribution in [3.8, 4) is 0 Å². The fourth-order valence-corrected chi connectivity index (χ4v) is 2.73. The third kappa shape index (κ3) is 3.33. The Balaban J connectivity index is 4.27. The minimum absolute atomic E-state index is 0.382. The van der Waals surface area contributed by atoms with Crippen LogP contribution in [0.2, 0.25) is 0 Å². The Morgan fingerprint density at radius 3 is 1.91 bits per heavy atom. The van der Waals surface area contributed by atoms with Gasteiger partial charge >= 0.3 is 0 Å². The maximum Gasteiger partial charge on any atom is 0.0153 e. The van der Waals surface area contributed by atoms with Crippen LogP contribution in [0.15, 0.2) is 12.7 Å². The molecule has 0 nitrogen and oxygen atoms in total. The lowest BCUT2D eigenvalue weighted by Gasteiger charge is -2.32. The van der Waals surface area contributed by atoms with Gasteiger partial charge in [0.05, 0.1) is 0 Å². The first-order valence-corrected chi connectivity index (χ1v) is 5.37. The van der Waals surface area contributed by atoms with E-state index in [1.165, 1.54) is 0 Å². The Kier molecular flexibility index (Phi) is 4.23. The summed E-state index contributed by atoms with van der Waals surface area (Å²) in [6.07, 6.45) is 4.22. The zero-order valence-corrected chi connectivity index (χ0v) is 9.16. The zero-order chi connectivity index (χ0) is 9.07. The SMILES string of the molecule is C=CC(C)C(SC)C(C)(C)C. The van der Waals surface area contributed by atoms with Gasteiger partial charge in [-0.3, -0.25) is 0 Å². The third-order valence-electron chi connectivity index (χ3n) is 1.96. The van der Waals surface area contributed by atoms with Crippen LogP contribution >= 0.6 is 11.8 Å². The van der Waals surface area contributed by atoms with Crippen molar-refractivity contribution in [2.24, 2.45) is 11.3 Å². The lowest BCUT2D eigenvalue weighted by atomic mass is 9.85. The van der Waals surface area contributed by atoms with Crippen LogP contribution in [0.4, 0.5) is 0 Å². The molecule has 0 bridgehead atoms. The Bertz CT molecular complexity index is 121. The molecule has 0 aromatic carbocycles. The zero-order valence-electron chi connectivity index (χ0n) is 8.35. The lowest BCUT2D eigenvalue weighted by Crippen LogP contribution is -2.28. The van der Waals surface area contributed by atoms with Crippen molar-refractivity contribution >= 4 is 11.8 Å². The molecule has 11 heavy (non-hydrogen) atoms. The monoisotopic (exact) mass is 172 g/mol. The second-order valence-corrected chi connectivity index (χ2v) is 5.10. The number of rotatable bonds is 3. The Labute approximate surface area is 75.5 Å². The molecule has 66 valence electrons. The summed E-state index contributed by atoms with van der Waals surface area (Å²) < 4.78 is 0. The molecule has 2 atom stereocenters. The smallest absolute Gasteiger partial charge is 0.0153 e. The quantitative estimate of drug-likeness (QED) is 0.586. The van der Waals surface area contributed by atoms with Crippen molar-refractivity contribution in [2.75, 3.05) is 6.26 Å². The van der Waals surface area contributed by atoms with E-state index in [1.54, 1.807) is 0 Å². The maximum absolute atomic E-state index is 3.83. The van der Waals surface area contributed by atoms with Gasteiger partial charge in [0, 0.05) is 5.25 Å². The van der Waals surface area contributed by atoms with E-state index in [-0.39, 0.29) is 0 Å². The normalized spacial score (nSPS) is 17.5. The van der Waals surface area contributed by atoms with Gasteiger partial charge in [-0.05, 0) is 17.6 Å². The number of hydrogen-bond acceptors (Lipinski definition) is 1. The van der Waals surface area contributed by atoms with Crippen molar-refractivity contribution in [3.05, 3.63) is 12.7 Å². The Hall–Kier alpha value is 0.0900. The van der Waals surface area contributed by atoms with Gasteiger partial charge in [0.25, 0.3) is 0 Å². The highest BCUT2D eigenvalue weighted by Crippen LogP contribution is 2.34. The molecule has 0 aliphatic rings. The van der Waals surface area contributed by atoms with Crippen LogP contribution in [0.25, 0.3) is 0 Å². The van der Waals surface area contributed by atoms with Crippen LogP contribution in [0, 0.1) is 11.3 Å². The van der Waals surface area contributed by atoms with Gasteiger partial charge in [-0.15, -0.1) is 6.58 Å². The van der Waals surface area contributed by atoms with Crippen LogP contribution in [0.1, 0.15) is 27.7 Å². The van der Waals surface area contributed by atoms with E-state index in [0.29, 0.717) is 16.6 Å². The van der Waals surface area contributed by atoms with Crippen molar-refractivity contribution in [3.63, 3.8) is 0 Å². The van der Waals surface area contributed by atoms with Gasteiger partial charge in [-0.25, -0.2) is 0 Å². The predicted octanol–water partition coefficient (Wildman–Crippen LogP) is 3.59. The van der Waals surface area contributed by atoms with Crippen LogP contribution in [-0.2, 0) is 0 Å². The fraction of sp³-hybridized carbons (Fsp3) is 0.800. The molecular weight excluding hydrogens is 152 g/mol. The molecule has 0 spiro atoms. The second kappa shape index (κ2) is 4.20. The van der Waals surface area contributed by atoms with Gasteiger partial charge < -0.3 is 0 Å². The molecule has 0 N–H and O–H groups in total. The van der Waals surface area contributed by atoms with E-state index in [4.69, 9.17) is 0 Å². The summed E-state index contributed by atoms with van der Waals surface area (Å²) in [7, 11) is 0. The summed E-state index contributed by atoms with van der Waals surface area (Å²) in [6, 6.07) is 0. The van der Waals surface area contributed by atoms with E-state index in [9.17, 15) is 0 Å². The van der Waals surface area contributed by atoms with Crippen molar-refractivity contribution in [1.82, 2.24) is 0 Å². The van der Waals surface area contributed by atoms with Crippen molar-refractivity contribution < 1.29 is 0 Å². The van der Waals surface area contributed by atoms with Gasteiger partial charge in [-0.2, -0.15) is 11.8 Å². The highest BCUT2D eigenvalue weighted by Gasteiger charge is 2.26. The second-order valence-electron chi connectivity index (χ2n) is 4.12. The number of thioether (sulfide) groups is 1. The van der Waals surface area contributed by atoms with E-state index in [1.807, 2.05) is 17.8 Å². The standard InChI is InChI=1S/C10H20S/c1-7-8(2)9(11-6)10(3,4)5/h7-9H,1H2,2-6H3. The summed E-state index contributed by atoms with van der Waals surface area (Å²) in [5, 5.41) is 0.681. The molecule has 0 heterocycles. The van der Waals surface area contributed by atoms with Crippen LogP contribution in [-0.4, -0.2) is 11.5 Å². The van der Waals surface area contributed by atoms with E-state index in [0.717, 1.165) is 0 Å². The van der Waals surface area contributed by atoms with Crippen molar-refractivity contribution in [1.29, 1.82) is 0 Å². The maximum atomic E-state index is 3.83. The molecule has 1 heteroatoms. The molecule has 0 aromatic rings. The average Bonchev–Trinajstić information content (AvgIpc) is 1.86. The molecule has 0 aliphatic carbocycles. The molecule has 0 fully saturated rings. The van der Waals surface area contributed by atoms with Gasteiger partial charge in [0.1, 0.15) is 0 Å². The Morgan fingerprint density at radius 2 is 1.82 bits per heavy atom. The van der Waals surface area contributed by atoms with Gasteiger partial charge in [0.15, 0.2) is 0 Å². The summed E-state index contributed by atoms with van der Waals surface area (Å²) >= 11 is 1.94. The minimum atomic E-state index is 0.382. The molecule has 0 aliphatic heterocycles. The van der Waals surface area contributed by atoms with E-state index in [2.05, 4.69) is 40.5 Å². The first kappa shape index (κ1) is 11.1. The fourth-order valence-electron chi connectivity index (χ4n) is 1.48. The van der Waals surface area contributed by atoms with E-state index < -0.39 is 0 Å². The number of hydrogen-bond donors (Lipinski definition) is 0. The molecule has 2 unspecified atom stereocenters. The average molecular weight is 172 g/mol. The first-order valence-electron chi connectivity index (χ1n) is 4.08. The Morgan fingerprint density at radius 1 is 1.36 bits per heavy atom. The summed E-state index contributed by atoms with van der Waals surface area (Å²) in [5.41, 5.74) is 0.382. The third-order valence-corrected chi connectivity index (χ3v) is 3.60. The van der Waals surface area contributed by atoms with E-state index >= 15 is 0 Å². The summed E-state index contributed by atoms with van der Waals surface area (Å²) in [4.78, 5) is 0. The van der Waals surface area contributed by atoms with Crippen LogP contribution < -0.4 is 0 Å². The molecule has 0 radical (unpaired) electrons. The molecule has 0 saturated carbocycles. The summed E-state index contributed by atoms with van der Waals surface area (Å²) in [6.45, 7) is 12.9. The molecule has 0 aromatic heterocycles. The van der Waals surface area contributed by atoms with Gasteiger partial charge in [-0.1, -0.05) is 33.8 Å². The highest BCUT2D eigenvalue weighted by atomic mass is 32.2.